The fourth-order valence-electron chi connectivity index (χ4n) is 1.66. The van der Waals surface area contributed by atoms with Crippen LogP contribution in [-0.4, -0.2) is 23.0 Å². The molecule has 0 fully saturated rings. The van der Waals surface area contributed by atoms with Crippen molar-refractivity contribution in [2.24, 2.45) is 5.92 Å². The molecule has 0 aliphatic rings. The van der Waals surface area contributed by atoms with E-state index < -0.39 is 23.0 Å². The average Bonchev–Trinajstić information content (AvgIpc) is 2.45. The summed E-state index contributed by atoms with van der Waals surface area (Å²) >= 11 is 0. The number of nitriles is 1. The van der Waals surface area contributed by atoms with Crippen molar-refractivity contribution in [3.8, 4) is 11.8 Å². The van der Waals surface area contributed by atoms with Crippen LogP contribution in [-0.2, 0) is 4.79 Å². The fourth-order valence-corrected chi connectivity index (χ4v) is 1.66. The number of hydrogen-bond donors (Lipinski definition) is 1. The minimum absolute atomic E-state index is 0.0222. The van der Waals surface area contributed by atoms with E-state index in [1.165, 1.54) is 12.1 Å². The Hall–Kier alpha value is -2.62. The first kappa shape index (κ1) is 17.4. The van der Waals surface area contributed by atoms with Gasteiger partial charge in [0.1, 0.15) is 5.54 Å². The lowest BCUT2D eigenvalue weighted by atomic mass is 9.90. The summed E-state index contributed by atoms with van der Waals surface area (Å²) in [6, 6.07) is 6.54. The van der Waals surface area contributed by atoms with Gasteiger partial charge in [-0.1, -0.05) is 19.9 Å². The Kier molecular flexibility index (Phi) is 5.46. The molecule has 1 rings (SSSR count). The van der Waals surface area contributed by atoms with E-state index in [9.17, 15) is 14.9 Å². The summed E-state index contributed by atoms with van der Waals surface area (Å²) in [5.74, 6) is -0.572. The molecule has 1 N–H and O–H groups in total. The normalized spacial score (nSPS) is 13.1. The first-order valence-electron chi connectivity index (χ1n) is 6.79. The SMILES string of the molecule is Cc1ccc(OCC(=O)N[C@](C)(C#N)C(C)C)c([N+](=O)[O-])c1. The van der Waals surface area contributed by atoms with Crippen LogP contribution < -0.4 is 10.1 Å². The molecule has 0 aliphatic heterocycles. The zero-order valence-electron chi connectivity index (χ0n) is 13.0. The second-order valence-corrected chi connectivity index (χ2v) is 5.53. The maximum Gasteiger partial charge on any atom is 0.311 e. The predicted octanol–water partition coefficient (Wildman–Crippen LogP) is 2.34. The molecule has 0 unspecified atom stereocenters. The first-order chi connectivity index (χ1) is 10.2. The second-order valence-electron chi connectivity index (χ2n) is 5.53. The van der Waals surface area contributed by atoms with Crippen LogP contribution >= 0.6 is 0 Å². The van der Waals surface area contributed by atoms with Crippen molar-refractivity contribution < 1.29 is 14.5 Å². The summed E-state index contributed by atoms with van der Waals surface area (Å²) in [7, 11) is 0. The van der Waals surface area contributed by atoms with E-state index in [1.54, 1.807) is 19.9 Å². The molecule has 1 amide bonds. The summed E-state index contributed by atoms with van der Waals surface area (Å²) in [4.78, 5) is 22.3. The monoisotopic (exact) mass is 305 g/mol. The number of ether oxygens (including phenoxy) is 1. The number of rotatable bonds is 6. The average molecular weight is 305 g/mol. The third-order valence-electron chi connectivity index (χ3n) is 3.46. The molecule has 0 saturated heterocycles. The predicted molar refractivity (Wildman–Crippen MR) is 80.3 cm³/mol. The first-order valence-corrected chi connectivity index (χ1v) is 6.79. The number of carbonyl (C=O) groups excluding carboxylic acids is 1. The van der Waals surface area contributed by atoms with Gasteiger partial charge >= 0.3 is 5.69 Å². The maximum absolute atomic E-state index is 11.9. The molecule has 0 spiro atoms. The maximum atomic E-state index is 11.9. The van der Waals surface area contributed by atoms with Crippen LogP contribution in [0.25, 0.3) is 0 Å². The minimum atomic E-state index is -1.01. The number of benzene rings is 1. The van der Waals surface area contributed by atoms with Gasteiger partial charge in [0, 0.05) is 6.07 Å². The van der Waals surface area contributed by atoms with E-state index in [2.05, 4.69) is 5.32 Å². The topological polar surface area (TPSA) is 105 Å². The van der Waals surface area contributed by atoms with Crippen molar-refractivity contribution in [3.05, 3.63) is 33.9 Å². The summed E-state index contributed by atoms with van der Waals surface area (Å²) in [6.07, 6.45) is 0. The van der Waals surface area contributed by atoms with Gasteiger partial charge in [0.15, 0.2) is 12.4 Å². The lowest BCUT2D eigenvalue weighted by Crippen LogP contribution is -2.50. The summed E-state index contributed by atoms with van der Waals surface area (Å²) in [5, 5.41) is 22.7. The third kappa shape index (κ3) is 4.19. The van der Waals surface area contributed by atoms with Crippen LogP contribution in [0.1, 0.15) is 26.3 Å². The van der Waals surface area contributed by atoms with Crippen molar-refractivity contribution in [1.82, 2.24) is 5.32 Å². The van der Waals surface area contributed by atoms with Gasteiger partial charge in [-0.15, -0.1) is 0 Å². The van der Waals surface area contributed by atoms with Crippen LogP contribution in [0.2, 0.25) is 0 Å². The van der Waals surface area contributed by atoms with E-state index in [1.807, 2.05) is 19.9 Å². The Morgan fingerprint density at radius 3 is 2.68 bits per heavy atom. The largest absolute Gasteiger partial charge is 0.477 e. The molecule has 118 valence electrons. The summed E-state index contributed by atoms with van der Waals surface area (Å²) in [5.41, 5.74) is -0.486. The molecule has 1 atom stereocenters. The van der Waals surface area contributed by atoms with Crippen molar-refractivity contribution in [2.45, 2.75) is 33.2 Å². The van der Waals surface area contributed by atoms with E-state index in [0.717, 1.165) is 5.56 Å². The minimum Gasteiger partial charge on any atom is -0.477 e. The van der Waals surface area contributed by atoms with Gasteiger partial charge in [-0.2, -0.15) is 5.26 Å². The number of hydrogen-bond acceptors (Lipinski definition) is 5. The smallest absolute Gasteiger partial charge is 0.311 e. The van der Waals surface area contributed by atoms with E-state index in [0.29, 0.717) is 0 Å². The molecule has 22 heavy (non-hydrogen) atoms. The Bertz CT molecular complexity index is 622. The van der Waals surface area contributed by atoms with Crippen LogP contribution in [0.3, 0.4) is 0 Å². The molecule has 7 heteroatoms. The number of nitrogens with zero attached hydrogens (tertiary/aromatic N) is 2. The van der Waals surface area contributed by atoms with Gasteiger partial charge in [0.05, 0.1) is 11.0 Å². The highest BCUT2D eigenvalue weighted by molar-refractivity contribution is 5.79. The van der Waals surface area contributed by atoms with E-state index in [-0.39, 0.29) is 17.4 Å². The highest BCUT2D eigenvalue weighted by atomic mass is 16.6. The molecule has 0 bridgehead atoms. The molecule has 1 aromatic carbocycles. The lowest BCUT2D eigenvalue weighted by Gasteiger charge is -2.27. The van der Waals surface area contributed by atoms with Gasteiger partial charge in [0.25, 0.3) is 5.91 Å². The Morgan fingerprint density at radius 2 is 2.18 bits per heavy atom. The van der Waals surface area contributed by atoms with Crippen molar-refractivity contribution in [1.29, 1.82) is 5.26 Å². The van der Waals surface area contributed by atoms with Crippen molar-refractivity contribution in [2.75, 3.05) is 6.61 Å². The summed E-state index contributed by atoms with van der Waals surface area (Å²) in [6.45, 7) is 6.58. The zero-order valence-corrected chi connectivity index (χ0v) is 13.0. The number of nitrogens with one attached hydrogen (secondary N) is 1. The Balaban J connectivity index is 2.77. The molecular weight excluding hydrogens is 286 g/mol. The molecule has 7 nitrogen and oxygen atoms in total. The lowest BCUT2D eigenvalue weighted by molar-refractivity contribution is -0.385. The van der Waals surface area contributed by atoms with E-state index in [4.69, 9.17) is 10.00 Å². The molecular formula is C15H19N3O4. The Morgan fingerprint density at radius 1 is 1.55 bits per heavy atom. The van der Waals surface area contributed by atoms with Gasteiger partial charge in [-0.25, -0.2) is 0 Å². The number of aryl methyl sites for hydroxylation is 1. The van der Waals surface area contributed by atoms with Crippen LogP contribution in [0.5, 0.6) is 5.75 Å². The summed E-state index contributed by atoms with van der Waals surface area (Å²) < 4.78 is 5.22. The third-order valence-corrected chi connectivity index (χ3v) is 3.46. The molecule has 0 aliphatic carbocycles. The van der Waals surface area contributed by atoms with Crippen molar-refractivity contribution >= 4 is 11.6 Å². The van der Waals surface area contributed by atoms with Crippen LogP contribution in [0.4, 0.5) is 5.69 Å². The molecule has 0 aromatic heterocycles. The zero-order chi connectivity index (χ0) is 16.9. The fraction of sp³-hybridized carbons (Fsp3) is 0.467. The number of nitro groups is 1. The van der Waals surface area contributed by atoms with Gasteiger partial charge in [-0.3, -0.25) is 14.9 Å². The second kappa shape index (κ2) is 6.89. The molecule has 0 radical (unpaired) electrons. The highest BCUT2D eigenvalue weighted by Crippen LogP contribution is 2.27. The molecule has 0 saturated carbocycles. The van der Waals surface area contributed by atoms with Crippen LogP contribution in [0.15, 0.2) is 18.2 Å². The Labute approximate surface area is 129 Å². The molecule has 0 heterocycles. The number of carbonyl (C=O) groups is 1. The quantitative estimate of drug-likeness (QED) is 0.641. The van der Waals surface area contributed by atoms with E-state index >= 15 is 0 Å². The van der Waals surface area contributed by atoms with Gasteiger partial charge in [0.2, 0.25) is 0 Å². The van der Waals surface area contributed by atoms with Gasteiger partial charge in [-0.05, 0) is 31.4 Å². The number of amides is 1. The number of nitro benzene ring substituents is 1. The molecule has 1 aromatic rings. The van der Waals surface area contributed by atoms with Crippen LogP contribution in [0, 0.1) is 34.3 Å². The van der Waals surface area contributed by atoms with Gasteiger partial charge < -0.3 is 10.1 Å². The standard InChI is InChI=1S/C15H19N3O4/c1-10(2)15(4,9-16)17-14(19)8-22-13-6-5-11(3)7-12(13)18(20)21/h5-7,10H,8H2,1-4H3,(H,17,19)/t15-/m1/s1. The highest BCUT2D eigenvalue weighted by Gasteiger charge is 2.30. The van der Waals surface area contributed by atoms with Crippen molar-refractivity contribution in [3.63, 3.8) is 0 Å².